The van der Waals surface area contributed by atoms with Gasteiger partial charge in [-0.3, -0.25) is 4.79 Å². The number of rotatable bonds is 6. The molecular formula is C20H21FN2O3. The molecule has 1 amide bonds. The Morgan fingerprint density at radius 1 is 1.12 bits per heavy atom. The quantitative estimate of drug-likeness (QED) is 0.709. The number of fused-ring (bicyclic) bond motifs is 1. The molecule has 0 unspecified atom stereocenters. The summed E-state index contributed by atoms with van der Waals surface area (Å²) in [6, 6.07) is 10.1. The average molecular weight is 356 g/mol. The number of aromatic amines is 1. The number of halogens is 1. The zero-order valence-corrected chi connectivity index (χ0v) is 15.0. The van der Waals surface area contributed by atoms with E-state index in [1.165, 1.54) is 12.1 Å². The number of H-pyrrole nitrogens is 1. The lowest BCUT2D eigenvalue weighted by Gasteiger charge is -2.10. The van der Waals surface area contributed by atoms with Crippen LogP contribution in [0.3, 0.4) is 0 Å². The van der Waals surface area contributed by atoms with Crippen LogP contribution >= 0.6 is 0 Å². The number of hydrogen-bond donors (Lipinski definition) is 2. The van der Waals surface area contributed by atoms with Crippen LogP contribution in [0.2, 0.25) is 0 Å². The number of benzene rings is 2. The molecule has 0 fully saturated rings. The third-order valence-electron chi connectivity index (χ3n) is 4.39. The van der Waals surface area contributed by atoms with Crippen molar-refractivity contribution in [1.82, 2.24) is 10.3 Å². The van der Waals surface area contributed by atoms with Crippen molar-refractivity contribution in [2.45, 2.75) is 13.3 Å². The number of hydrogen-bond acceptors (Lipinski definition) is 3. The molecule has 5 nitrogen and oxygen atoms in total. The van der Waals surface area contributed by atoms with E-state index < -0.39 is 0 Å². The van der Waals surface area contributed by atoms with E-state index in [4.69, 9.17) is 9.47 Å². The van der Waals surface area contributed by atoms with Gasteiger partial charge in [-0.2, -0.15) is 0 Å². The van der Waals surface area contributed by atoms with Crippen molar-refractivity contribution in [2.24, 2.45) is 0 Å². The summed E-state index contributed by atoms with van der Waals surface area (Å²) in [5, 5.41) is 3.74. The maximum atomic E-state index is 13.3. The SMILES string of the molecule is COc1ccc(CCNC(=O)c2[nH]c3cc(F)ccc3c2C)cc1OC. The van der Waals surface area contributed by atoms with Crippen LogP contribution in [0.1, 0.15) is 21.6 Å². The van der Waals surface area contributed by atoms with E-state index >= 15 is 0 Å². The molecular weight excluding hydrogens is 335 g/mol. The van der Waals surface area contributed by atoms with Crippen LogP contribution in [0.4, 0.5) is 4.39 Å². The van der Waals surface area contributed by atoms with Crippen molar-refractivity contribution in [1.29, 1.82) is 0 Å². The number of ether oxygens (including phenoxy) is 2. The van der Waals surface area contributed by atoms with E-state index in [0.29, 0.717) is 35.7 Å². The number of carbonyl (C=O) groups is 1. The Morgan fingerprint density at radius 2 is 1.88 bits per heavy atom. The van der Waals surface area contributed by atoms with E-state index in [9.17, 15) is 9.18 Å². The van der Waals surface area contributed by atoms with Gasteiger partial charge in [0.05, 0.1) is 14.2 Å². The molecule has 1 aromatic heterocycles. The maximum absolute atomic E-state index is 13.3. The summed E-state index contributed by atoms with van der Waals surface area (Å²) in [7, 11) is 3.18. The normalized spacial score (nSPS) is 10.8. The lowest BCUT2D eigenvalue weighted by atomic mass is 10.1. The van der Waals surface area contributed by atoms with E-state index in [0.717, 1.165) is 16.5 Å². The van der Waals surface area contributed by atoms with Crippen LogP contribution < -0.4 is 14.8 Å². The van der Waals surface area contributed by atoms with Crippen molar-refractivity contribution in [3.05, 3.63) is 59.0 Å². The summed E-state index contributed by atoms with van der Waals surface area (Å²) in [5.41, 5.74) is 2.91. The monoisotopic (exact) mass is 356 g/mol. The number of methoxy groups -OCH3 is 2. The summed E-state index contributed by atoms with van der Waals surface area (Å²) >= 11 is 0. The molecule has 0 aliphatic rings. The molecule has 0 atom stereocenters. The van der Waals surface area contributed by atoms with Gasteiger partial charge in [0, 0.05) is 17.4 Å². The Morgan fingerprint density at radius 3 is 2.62 bits per heavy atom. The van der Waals surface area contributed by atoms with Crippen LogP contribution in [0, 0.1) is 12.7 Å². The van der Waals surface area contributed by atoms with Gasteiger partial charge in [-0.25, -0.2) is 4.39 Å². The Kier molecular flexibility index (Phi) is 5.11. The first-order chi connectivity index (χ1) is 12.5. The molecule has 0 saturated heterocycles. The minimum Gasteiger partial charge on any atom is -0.493 e. The highest BCUT2D eigenvalue weighted by Gasteiger charge is 2.15. The van der Waals surface area contributed by atoms with Crippen molar-refractivity contribution in [2.75, 3.05) is 20.8 Å². The van der Waals surface area contributed by atoms with Crippen molar-refractivity contribution in [3.8, 4) is 11.5 Å². The highest BCUT2D eigenvalue weighted by molar-refractivity contribution is 6.00. The van der Waals surface area contributed by atoms with Gasteiger partial charge in [-0.1, -0.05) is 6.07 Å². The molecule has 3 aromatic rings. The van der Waals surface area contributed by atoms with E-state index in [-0.39, 0.29) is 11.7 Å². The second kappa shape index (κ2) is 7.47. The van der Waals surface area contributed by atoms with Crippen LogP contribution in [0.5, 0.6) is 11.5 Å². The molecule has 1 heterocycles. The summed E-state index contributed by atoms with van der Waals surface area (Å²) < 4.78 is 23.8. The Labute approximate surface area is 151 Å². The smallest absolute Gasteiger partial charge is 0.268 e. The molecule has 2 N–H and O–H groups in total. The molecule has 0 saturated carbocycles. The number of carbonyl (C=O) groups excluding carboxylic acids is 1. The van der Waals surface area contributed by atoms with E-state index in [1.54, 1.807) is 20.3 Å². The molecule has 6 heteroatoms. The summed E-state index contributed by atoms with van der Waals surface area (Å²) in [5.74, 6) is 0.782. The molecule has 136 valence electrons. The molecule has 0 aliphatic carbocycles. The Bertz CT molecular complexity index is 950. The lowest BCUT2D eigenvalue weighted by molar-refractivity contribution is 0.0949. The minimum atomic E-state index is -0.334. The van der Waals surface area contributed by atoms with Gasteiger partial charge in [-0.05, 0) is 54.8 Å². The summed E-state index contributed by atoms with van der Waals surface area (Å²) in [4.78, 5) is 15.5. The molecule has 0 spiro atoms. The maximum Gasteiger partial charge on any atom is 0.268 e. The predicted octanol–water partition coefficient (Wildman–Crippen LogP) is 3.61. The second-order valence-electron chi connectivity index (χ2n) is 6.01. The summed E-state index contributed by atoms with van der Waals surface area (Å²) in [6.07, 6.45) is 0.653. The largest absolute Gasteiger partial charge is 0.493 e. The average Bonchev–Trinajstić information content (AvgIpc) is 2.97. The molecule has 0 aliphatic heterocycles. The molecule has 26 heavy (non-hydrogen) atoms. The van der Waals surface area contributed by atoms with Crippen molar-refractivity contribution >= 4 is 16.8 Å². The van der Waals surface area contributed by atoms with Gasteiger partial charge in [0.15, 0.2) is 11.5 Å². The van der Waals surface area contributed by atoms with Gasteiger partial charge < -0.3 is 19.8 Å². The first kappa shape index (κ1) is 17.8. The highest BCUT2D eigenvalue weighted by atomic mass is 19.1. The topological polar surface area (TPSA) is 63.3 Å². The molecule has 0 radical (unpaired) electrons. The van der Waals surface area contributed by atoms with Crippen LogP contribution in [0.15, 0.2) is 36.4 Å². The highest BCUT2D eigenvalue weighted by Crippen LogP contribution is 2.27. The Balaban J connectivity index is 1.67. The fraction of sp³-hybridized carbons (Fsp3) is 0.250. The number of nitrogens with one attached hydrogen (secondary N) is 2. The predicted molar refractivity (Wildman–Crippen MR) is 98.6 cm³/mol. The second-order valence-corrected chi connectivity index (χ2v) is 6.01. The van der Waals surface area contributed by atoms with Gasteiger partial charge in [0.1, 0.15) is 11.5 Å². The Hall–Kier alpha value is -3.02. The van der Waals surface area contributed by atoms with Crippen LogP contribution in [-0.4, -0.2) is 31.7 Å². The van der Waals surface area contributed by atoms with E-state index in [1.807, 2.05) is 25.1 Å². The zero-order chi connectivity index (χ0) is 18.7. The van der Waals surface area contributed by atoms with Crippen molar-refractivity contribution < 1.29 is 18.7 Å². The number of amides is 1. The minimum absolute atomic E-state index is 0.209. The third kappa shape index (κ3) is 3.49. The zero-order valence-electron chi connectivity index (χ0n) is 15.0. The first-order valence-corrected chi connectivity index (χ1v) is 8.30. The third-order valence-corrected chi connectivity index (χ3v) is 4.39. The van der Waals surface area contributed by atoms with E-state index in [2.05, 4.69) is 10.3 Å². The standard InChI is InChI=1S/C20H21FN2O3/c1-12-15-6-5-14(21)11-16(15)23-19(12)20(24)22-9-8-13-4-7-17(25-2)18(10-13)26-3/h4-7,10-11,23H,8-9H2,1-3H3,(H,22,24). The fourth-order valence-electron chi connectivity index (χ4n) is 2.98. The first-order valence-electron chi connectivity index (χ1n) is 8.30. The molecule has 2 aromatic carbocycles. The van der Waals surface area contributed by atoms with Gasteiger partial charge >= 0.3 is 0 Å². The number of aromatic nitrogens is 1. The van der Waals surface area contributed by atoms with Crippen LogP contribution in [-0.2, 0) is 6.42 Å². The molecule has 0 bridgehead atoms. The fourth-order valence-corrected chi connectivity index (χ4v) is 2.98. The van der Waals surface area contributed by atoms with Gasteiger partial charge in [0.2, 0.25) is 0 Å². The van der Waals surface area contributed by atoms with Crippen molar-refractivity contribution in [3.63, 3.8) is 0 Å². The number of aryl methyl sites for hydroxylation is 1. The lowest BCUT2D eigenvalue weighted by Crippen LogP contribution is -2.26. The van der Waals surface area contributed by atoms with Crippen LogP contribution in [0.25, 0.3) is 10.9 Å². The molecule has 3 rings (SSSR count). The summed E-state index contributed by atoms with van der Waals surface area (Å²) in [6.45, 7) is 2.32. The van der Waals surface area contributed by atoms with Gasteiger partial charge in [0.25, 0.3) is 5.91 Å². The van der Waals surface area contributed by atoms with Gasteiger partial charge in [-0.15, -0.1) is 0 Å².